The lowest BCUT2D eigenvalue weighted by atomic mass is 10.5. The maximum atomic E-state index is 10.5. The molecule has 0 aliphatic carbocycles. The smallest absolute Gasteiger partial charge is 0.310 e. The van der Waals surface area contributed by atoms with E-state index in [-0.39, 0.29) is 12.4 Å². The summed E-state index contributed by atoms with van der Waals surface area (Å²) in [5.41, 5.74) is 0. The standard InChI is InChI=1S/C6H10O2S/c1-2-4-8-6(7)3-5-9/h5H,2-4H2,1H3. The van der Waals surface area contributed by atoms with Crippen LogP contribution in [0.1, 0.15) is 19.8 Å². The van der Waals surface area contributed by atoms with Gasteiger partial charge in [-0.15, -0.1) is 0 Å². The van der Waals surface area contributed by atoms with Gasteiger partial charge in [-0.25, -0.2) is 0 Å². The summed E-state index contributed by atoms with van der Waals surface area (Å²) in [5, 5.41) is 1.37. The number of hydrogen-bond acceptors (Lipinski definition) is 3. The Hall–Kier alpha value is -0.440. The van der Waals surface area contributed by atoms with Crippen molar-refractivity contribution in [3.63, 3.8) is 0 Å². The first kappa shape index (κ1) is 8.56. The Kier molecular flexibility index (Phi) is 5.41. The molecule has 0 fully saturated rings. The fourth-order valence-electron chi connectivity index (χ4n) is 0.343. The van der Waals surface area contributed by atoms with Crippen molar-refractivity contribution in [2.45, 2.75) is 19.8 Å². The van der Waals surface area contributed by atoms with Crippen molar-refractivity contribution >= 4 is 23.6 Å². The number of ether oxygens (including phenoxy) is 1. The molecule has 0 saturated carbocycles. The molecule has 0 unspecified atom stereocenters. The molecule has 0 spiro atoms. The van der Waals surface area contributed by atoms with E-state index >= 15 is 0 Å². The molecule has 0 radical (unpaired) electrons. The quantitative estimate of drug-likeness (QED) is 0.442. The Labute approximate surface area is 60.2 Å². The van der Waals surface area contributed by atoms with E-state index in [2.05, 4.69) is 12.2 Å². The van der Waals surface area contributed by atoms with Crippen LogP contribution in [-0.2, 0) is 9.53 Å². The highest BCUT2D eigenvalue weighted by atomic mass is 32.1. The molecule has 0 aromatic rings. The molecule has 0 saturated heterocycles. The van der Waals surface area contributed by atoms with Gasteiger partial charge in [-0.05, 0) is 11.8 Å². The van der Waals surface area contributed by atoms with Gasteiger partial charge in [0.25, 0.3) is 0 Å². The van der Waals surface area contributed by atoms with Crippen LogP contribution in [0.15, 0.2) is 0 Å². The van der Waals surface area contributed by atoms with E-state index in [1.807, 2.05) is 6.92 Å². The highest BCUT2D eigenvalue weighted by Crippen LogP contribution is 1.85. The Balaban J connectivity index is 3.16. The predicted molar refractivity (Wildman–Crippen MR) is 39.5 cm³/mol. The van der Waals surface area contributed by atoms with E-state index in [0.717, 1.165) is 6.42 Å². The summed E-state index contributed by atoms with van der Waals surface area (Å²) in [7, 11) is 0. The minimum absolute atomic E-state index is 0.230. The fourth-order valence-corrected chi connectivity index (χ4v) is 0.479. The molecule has 52 valence electrons. The summed E-state index contributed by atoms with van der Waals surface area (Å²) in [6, 6.07) is 0. The van der Waals surface area contributed by atoms with Gasteiger partial charge in [0.15, 0.2) is 0 Å². The number of esters is 1. The SMILES string of the molecule is CCCOC(=O)CC=S. The van der Waals surface area contributed by atoms with Crippen LogP contribution >= 0.6 is 12.2 Å². The van der Waals surface area contributed by atoms with Gasteiger partial charge >= 0.3 is 5.97 Å². The van der Waals surface area contributed by atoms with Gasteiger partial charge in [0.1, 0.15) is 0 Å². The monoisotopic (exact) mass is 146 g/mol. The molecule has 0 heterocycles. The van der Waals surface area contributed by atoms with E-state index in [4.69, 9.17) is 4.74 Å². The van der Waals surface area contributed by atoms with Crippen LogP contribution in [0.2, 0.25) is 0 Å². The average Bonchev–Trinajstić information content (AvgIpc) is 1.85. The lowest BCUT2D eigenvalue weighted by Crippen LogP contribution is -2.04. The largest absolute Gasteiger partial charge is 0.465 e. The third kappa shape index (κ3) is 5.43. The zero-order valence-corrected chi connectivity index (χ0v) is 6.24. The zero-order valence-electron chi connectivity index (χ0n) is 5.42. The van der Waals surface area contributed by atoms with Crippen molar-refractivity contribution in [2.75, 3.05) is 6.61 Å². The van der Waals surface area contributed by atoms with Gasteiger partial charge in [0.05, 0.1) is 13.0 Å². The Bertz CT molecular complexity index is 101. The van der Waals surface area contributed by atoms with Gasteiger partial charge in [0.2, 0.25) is 0 Å². The number of rotatable bonds is 4. The van der Waals surface area contributed by atoms with Crippen LogP contribution in [0.25, 0.3) is 0 Å². The molecular formula is C6H10O2S. The second kappa shape index (κ2) is 5.69. The molecule has 0 aromatic carbocycles. The number of carbonyl (C=O) groups is 1. The molecule has 9 heavy (non-hydrogen) atoms. The second-order valence-electron chi connectivity index (χ2n) is 1.59. The minimum atomic E-state index is -0.230. The lowest BCUT2D eigenvalue weighted by molar-refractivity contribution is -0.142. The normalized spacial score (nSPS) is 8.56. The summed E-state index contributed by atoms with van der Waals surface area (Å²) >= 11 is 4.45. The molecule has 0 rings (SSSR count). The van der Waals surface area contributed by atoms with E-state index in [9.17, 15) is 4.79 Å². The Morgan fingerprint density at radius 3 is 2.89 bits per heavy atom. The van der Waals surface area contributed by atoms with Crippen molar-refractivity contribution in [2.24, 2.45) is 0 Å². The van der Waals surface area contributed by atoms with Crippen LogP contribution < -0.4 is 0 Å². The number of thiocarbonyl (C=S) groups is 1. The highest BCUT2D eigenvalue weighted by molar-refractivity contribution is 7.79. The second-order valence-corrected chi connectivity index (χ2v) is 1.92. The number of carbonyl (C=O) groups excluding carboxylic acids is 1. The van der Waals surface area contributed by atoms with Crippen molar-refractivity contribution in [1.29, 1.82) is 0 Å². The van der Waals surface area contributed by atoms with E-state index in [1.54, 1.807) is 0 Å². The van der Waals surface area contributed by atoms with Crippen molar-refractivity contribution in [3.05, 3.63) is 0 Å². The van der Waals surface area contributed by atoms with Crippen LogP contribution in [0.5, 0.6) is 0 Å². The van der Waals surface area contributed by atoms with Gasteiger partial charge in [0, 0.05) is 0 Å². The van der Waals surface area contributed by atoms with Gasteiger partial charge in [-0.1, -0.05) is 19.1 Å². The fraction of sp³-hybridized carbons (Fsp3) is 0.667. The first-order valence-electron chi connectivity index (χ1n) is 2.90. The van der Waals surface area contributed by atoms with Gasteiger partial charge in [-0.2, -0.15) is 0 Å². The molecular weight excluding hydrogens is 136 g/mol. The molecule has 0 aliphatic rings. The average molecular weight is 146 g/mol. The van der Waals surface area contributed by atoms with Crippen molar-refractivity contribution in [1.82, 2.24) is 0 Å². The van der Waals surface area contributed by atoms with E-state index in [0.29, 0.717) is 6.61 Å². The maximum Gasteiger partial charge on any atom is 0.310 e. The van der Waals surface area contributed by atoms with Gasteiger partial charge in [-0.3, -0.25) is 4.79 Å². The highest BCUT2D eigenvalue weighted by Gasteiger charge is 1.95. The Morgan fingerprint density at radius 2 is 2.44 bits per heavy atom. The zero-order chi connectivity index (χ0) is 7.11. The van der Waals surface area contributed by atoms with E-state index < -0.39 is 0 Å². The molecule has 3 heteroatoms. The Morgan fingerprint density at radius 1 is 1.78 bits per heavy atom. The number of hydrogen-bond donors (Lipinski definition) is 0. The van der Waals surface area contributed by atoms with Crippen LogP contribution in [0.4, 0.5) is 0 Å². The first-order chi connectivity index (χ1) is 4.31. The van der Waals surface area contributed by atoms with Gasteiger partial charge < -0.3 is 4.74 Å². The topological polar surface area (TPSA) is 26.3 Å². The van der Waals surface area contributed by atoms with Crippen LogP contribution in [0.3, 0.4) is 0 Å². The lowest BCUT2D eigenvalue weighted by Gasteiger charge is -1.97. The van der Waals surface area contributed by atoms with E-state index in [1.165, 1.54) is 5.37 Å². The molecule has 2 nitrogen and oxygen atoms in total. The maximum absolute atomic E-state index is 10.5. The molecule has 0 aromatic heterocycles. The molecule has 0 atom stereocenters. The first-order valence-corrected chi connectivity index (χ1v) is 3.37. The predicted octanol–water partition coefficient (Wildman–Crippen LogP) is 1.33. The van der Waals surface area contributed by atoms with Crippen molar-refractivity contribution in [3.8, 4) is 0 Å². The van der Waals surface area contributed by atoms with Crippen LogP contribution in [-0.4, -0.2) is 17.9 Å². The van der Waals surface area contributed by atoms with Crippen molar-refractivity contribution < 1.29 is 9.53 Å². The minimum Gasteiger partial charge on any atom is -0.465 e. The summed E-state index contributed by atoms with van der Waals surface area (Å²) in [6.45, 7) is 2.45. The summed E-state index contributed by atoms with van der Waals surface area (Å²) < 4.78 is 4.69. The van der Waals surface area contributed by atoms with Crippen LogP contribution in [0, 0.1) is 0 Å². The molecule has 0 bridgehead atoms. The molecule has 0 N–H and O–H groups in total. The summed E-state index contributed by atoms with van der Waals surface area (Å²) in [6.07, 6.45) is 1.11. The molecule has 0 aliphatic heterocycles. The summed E-state index contributed by atoms with van der Waals surface area (Å²) in [5.74, 6) is -0.230. The summed E-state index contributed by atoms with van der Waals surface area (Å²) in [4.78, 5) is 10.5. The molecule has 0 amide bonds. The third-order valence-electron chi connectivity index (χ3n) is 0.717. The third-order valence-corrected chi connectivity index (χ3v) is 0.884.